The van der Waals surface area contributed by atoms with E-state index in [1.54, 1.807) is 6.20 Å². The number of ether oxygens (including phenoxy) is 1. The van der Waals surface area contributed by atoms with Gasteiger partial charge in [0.05, 0.1) is 19.1 Å². The molecule has 0 saturated carbocycles. The lowest BCUT2D eigenvalue weighted by Crippen LogP contribution is -2.32. The highest BCUT2D eigenvalue weighted by Gasteiger charge is 2.17. The Morgan fingerprint density at radius 3 is 2.63 bits per heavy atom. The van der Waals surface area contributed by atoms with Crippen LogP contribution < -0.4 is 15.4 Å². The molecule has 2 aromatic rings. The SMILES string of the molecule is CCCCOc1ncccc1CNC(=O)CC(NC(C)=O)c1ccccc1. The second-order valence-electron chi connectivity index (χ2n) is 6.31. The van der Waals surface area contributed by atoms with Gasteiger partial charge in [-0.2, -0.15) is 0 Å². The first-order chi connectivity index (χ1) is 13.1. The highest BCUT2D eigenvalue weighted by molar-refractivity contribution is 5.79. The maximum atomic E-state index is 12.4. The predicted molar refractivity (Wildman–Crippen MR) is 104 cm³/mol. The van der Waals surface area contributed by atoms with Crippen LogP contribution in [0.5, 0.6) is 5.88 Å². The summed E-state index contributed by atoms with van der Waals surface area (Å²) >= 11 is 0. The van der Waals surface area contributed by atoms with Crippen LogP contribution in [-0.4, -0.2) is 23.4 Å². The summed E-state index contributed by atoms with van der Waals surface area (Å²) in [4.78, 5) is 28.2. The van der Waals surface area contributed by atoms with Gasteiger partial charge in [-0.1, -0.05) is 49.7 Å². The van der Waals surface area contributed by atoms with Gasteiger partial charge in [0.25, 0.3) is 0 Å². The lowest BCUT2D eigenvalue weighted by Gasteiger charge is -2.18. The fraction of sp³-hybridized carbons (Fsp3) is 0.381. The number of hydrogen-bond acceptors (Lipinski definition) is 4. The van der Waals surface area contributed by atoms with E-state index < -0.39 is 0 Å². The highest BCUT2D eigenvalue weighted by atomic mass is 16.5. The molecule has 2 N–H and O–H groups in total. The summed E-state index contributed by atoms with van der Waals surface area (Å²) < 4.78 is 5.69. The molecule has 2 amide bonds. The van der Waals surface area contributed by atoms with Crippen molar-refractivity contribution < 1.29 is 14.3 Å². The number of nitrogens with zero attached hydrogens (tertiary/aromatic N) is 1. The van der Waals surface area contributed by atoms with E-state index in [1.165, 1.54) is 6.92 Å². The molecule has 0 aliphatic carbocycles. The van der Waals surface area contributed by atoms with E-state index in [-0.39, 0.29) is 24.3 Å². The number of pyridine rings is 1. The average molecular weight is 369 g/mol. The van der Waals surface area contributed by atoms with Gasteiger partial charge in [0.2, 0.25) is 17.7 Å². The third-order valence-corrected chi connectivity index (χ3v) is 4.03. The lowest BCUT2D eigenvalue weighted by molar-refractivity contribution is -0.122. The molecule has 1 aromatic heterocycles. The maximum absolute atomic E-state index is 12.4. The summed E-state index contributed by atoms with van der Waals surface area (Å²) in [5.74, 6) is 0.226. The summed E-state index contributed by atoms with van der Waals surface area (Å²) in [7, 11) is 0. The zero-order valence-electron chi connectivity index (χ0n) is 15.9. The Bertz CT molecular complexity index is 734. The first-order valence-corrected chi connectivity index (χ1v) is 9.25. The quantitative estimate of drug-likeness (QED) is 0.631. The van der Waals surface area contributed by atoms with Gasteiger partial charge in [-0.15, -0.1) is 0 Å². The zero-order valence-corrected chi connectivity index (χ0v) is 15.9. The molecule has 6 heteroatoms. The Morgan fingerprint density at radius 2 is 1.93 bits per heavy atom. The molecule has 0 spiro atoms. The standard InChI is InChI=1S/C21H27N3O3/c1-3-4-13-27-21-18(11-8-12-22-21)15-23-20(26)14-19(24-16(2)25)17-9-6-5-7-10-17/h5-12,19H,3-4,13-15H2,1-2H3,(H,23,26)(H,24,25). The average Bonchev–Trinajstić information content (AvgIpc) is 2.67. The highest BCUT2D eigenvalue weighted by Crippen LogP contribution is 2.18. The van der Waals surface area contributed by atoms with Gasteiger partial charge >= 0.3 is 0 Å². The Hall–Kier alpha value is -2.89. The Morgan fingerprint density at radius 1 is 1.15 bits per heavy atom. The predicted octanol–water partition coefficient (Wildman–Crippen LogP) is 3.14. The molecular weight excluding hydrogens is 342 g/mol. The first-order valence-electron chi connectivity index (χ1n) is 9.25. The van der Waals surface area contributed by atoms with Crippen LogP contribution in [-0.2, 0) is 16.1 Å². The topological polar surface area (TPSA) is 80.3 Å². The minimum absolute atomic E-state index is 0.152. The fourth-order valence-corrected chi connectivity index (χ4v) is 2.64. The summed E-state index contributed by atoms with van der Waals surface area (Å²) in [5.41, 5.74) is 1.73. The van der Waals surface area contributed by atoms with Crippen molar-refractivity contribution in [2.75, 3.05) is 6.61 Å². The van der Waals surface area contributed by atoms with Gasteiger partial charge in [0.1, 0.15) is 0 Å². The fourth-order valence-electron chi connectivity index (χ4n) is 2.64. The van der Waals surface area contributed by atoms with Crippen molar-refractivity contribution >= 4 is 11.8 Å². The molecule has 2 rings (SSSR count). The minimum Gasteiger partial charge on any atom is -0.477 e. The molecule has 0 bridgehead atoms. The summed E-state index contributed by atoms with van der Waals surface area (Å²) in [5, 5.41) is 5.73. The summed E-state index contributed by atoms with van der Waals surface area (Å²) in [6, 6.07) is 12.8. The molecule has 0 aliphatic rings. The van der Waals surface area contributed by atoms with Crippen molar-refractivity contribution in [3.63, 3.8) is 0 Å². The van der Waals surface area contributed by atoms with E-state index in [1.807, 2.05) is 42.5 Å². The second kappa shape index (κ2) is 11.0. The van der Waals surface area contributed by atoms with Gasteiger partial charge in [0, 0.05) is 25.2 Å². The first kappa shape index (κ1) is 20.4. The number of amides is 2. The van der Waals surface area contributed by atoms with Crippen LogP contribution in [0.4, 0.5) is 0 Å². The van der Waals surface area contributed by atoms with Crippen molar-refractivity contribution in [1.29, 1.82) is 0 Å². The number of rotatable bonds is 10. The van der Waals surface area contributed by atoms with E-state index in [0.717, 1.165) is 24.0 Å². The molecule has 1 aromatic carbocycles. The summed E-state index contributed by atoms with van der Waals surface area (Å²) in [6.07, 6.45) is 3.84. The van der Waals surface area contributed by atoms with Crippen LogP contribution in [0.25, 0.3) is 0 Å². The Balaban J connectivity index is 1.95. The van der Waals surface area contributed by atoms with E-state index >= 15 is 0 Å². The van der Waals surface area contributed by atoms with Crippen LogP contribution in [0.2, 0.25) is 0 Å². The van der Waals surface area contributed by atoms with Gasteiger partial charge in [-0.25, -0.2) is 4.98 Å². The molecule has 144 valence electrons. The zero-order chi connectivity index (χ0) is 19.5. The number of unbranched alkanes of at least 4 members (excludes halogenated alkanes) is 1. The molecule has 27 heavy (non-hydrogen) atoms. The number of hydrogen-bond donors (Lipinski definition) is 2. The van der Waals surface area contributed by atoms with Gasteiger partial charge < -0.3 is 15.4 Å². The molecule has 6 nitrogen and oxygen atoms in total. The number of carbonyl (C=O) groups is 2. The van der Waals surface area contributed by atoms with Crippen LogP contribution in [0, 0.1) is 0 Å². The third kappa shape index (κ3) is 7.09. The van der Waals surface area contributed by atoms with E-state index in [2.05, 4.69) is 22.5 Å². The largest absolute Gasteiger partial charge is 0.477 e. The number of aromatic nitrogens is 1. The molecule has 0 saturated heterocycles. The summed E-state index contributed by atoms with van der Waals surface area (Å²) in [6.45, 7) is 4.48. The van der Waals surface area contributed by atoms with Gasteiger partial charge in [-0.3, -0.25) is 9.59 Å². The van der Waals surface area contributed by atoms with Gasteiger partial charge in [-0.05, 0) is 18.1 Å². The van der Waals surface area contributed by atoms with Crippen molar-refractivity contribution in [3.05, 3.63) is 59.8 Å². The normalized spacial score (nSPS) is 11.5. The van der Waals surface area contributed by atoms with Crippen molar-refractivity contribution in [2.24, 2.45) is 0 Å². The molecule has 1 atom stereocenters. The second-order valence-corrected chi connectivity index (χ2v) is 6.31. The lowest BCUT2D eigenvalue weighted by atomic mass is 10.0. The van der Waals surface area contributed by atoms with Crippen LogP contribution in [0.1, 0.15) is 50.3 Å². The van der Waals surface area contributed by atoms with Crippen molar-refractivity contribution in [2.45, 2.75) is 45.7 Å². The molecule has 0 aliphatic heterocycles. The van der Waals surface area contributed by atoms with Crippen LogP contribution in [0.3, 0.4) is 0 Å². The Labute approximate surface area is 160 Å². The van der Waals surface area contributed by atoms with E-state index in [9.17, 15) is 9.59 Å². The Kier molecular flexibility index (Phi) is 8.29. The smallest absolute Gasteiger partial charge is 0.222 e. The van der Waals surface area contributed by atoms with E-state index in [0.29, 0.717) is 19.0 Å². The van der Waals surface area contributed by atoms with E-state index in [4.69, 9.17) is 4.74 Å². The van der Waals surface area contributed by atoms with Crippen molar-refractivity contribution in [3.8, 4) is 5.88 Å². The number of nitrogens with one attached hydrogen (secondary N) is 2. The monoisotopic (exact) mass is 369 g/mol. The van der Waals surface area contributed by atoms with Crippen LogP contribution in [0.15, 0.2) is 48.7 Å². The molecule has 0 fully saturated rings. The van der Waals surface area contributed by atoms with Crippen LogP contribution >= 0.6 is 0 Å². The number of carbonyl (C=O) groups excluding carboxylic acids is 2. The third-order valence-electron chi connectivity index (χ3n) is 4.03. The number of benzene rings is 1. The maximum Gasteiger partial charge on any atom is 0.222 e. The van der Waals surface area contributed by atoms with Crippen molar-refractivity contribution in [1.82, 2.24) is 15.6 Å². The molecular formula is C21H27N3O3. The minimum atomic E-state index is -0.363. The molecule has 0 radical (unpaired) electrons. The van der Waals surface area contributed by atoms with Gasteiger partial charge in [0.15, 0.2) is 0 Å². The molecule has 1 heterocycles. The molecule has 1 unspecified atom stereocenters.